The van der Waals surface area contributed by atoms with Crippen LogP contribution >= 0.6 is 0 Å². The van der Waals surface area contributed by atoms with Gasteiger partial charge in [-0.1, -0.05) is 44.4 Å². The zero-order chi connectivity index (χ0) is 26.4. The standard InChI is InChI=1S/C29H35F4N3O/c1-19(26(30)25-15-28(12-4-3-5-13-28)17-34-18-35(25)2)20-8-6-9-21(14-20)36-16-23-22(27(36)37)10-7-11-24(23)29(31,32)33/h6-11,14,19,25-26,34H,3-5,12-13,15-18H2,1-2H3/t19-,25?,26-/m0/s1. The first-order valence-electron chi connectivity index (χ1n) is 13.3. The zero-order valence-corrected chi connectivity index (χ0v) is 21.5. The highest BCUT2D eigenvalue weighted by Gasteiger charge is 2.43. The van der Waals surface area contributed by atoms with Gasteiger partial charge < -0.3 is 10.2 Å². The van der Waals surface area contributed by atoms with Gasteiger partial charge in [-0.3, -0.25) is 9.69 Å². The van der Waals surface area contributed by atoms with Crippen LogP contribution in [0.15, 0.2) is 42.5 Å². The molecule has 1 aliphatic carbocycles. The topological polar surface area (TPSA) is 35.6 Å². The Morgan fingerprint density at radius 3 is 2.54 bits per heavy atom. The number of nitrogens with one attached hydrogen (secondary N) is 1. The van der Waals surface area contributed by atoms with E-state index in [-0.39, 0.29) is 29.1 Å². The third-order valence-corrected chi connectivity index (χ3v) is 8.81. The number of halogens is 4. The third kappa shape index (κ3) is 5.02. The number of carbonyl (C=O) groups is 1. The number of anilines is 1. The lowest BCUT2D eigenvalue weighted by atomic mass is 9.69. The molecule has 0 bridgehead atoms. The second-order valence-electron chi connectivity index (χ2n) is 11.2. The van der Waals surface area contributed by atoms with Crippen molar-refractivity contribution in [2.45, 2.75) is 76.3 Å². The maximum absolute atomic E-state index is 16.2. The van der Waals surface area contributed by atoms with Gasteiger partial charge in [-0.05, 0) is 67.1 Å². The van der Waals surface area contributed by atoms with Crippen LogP contribution in [-0.4, -0.2) is 43.3 Å². The lowest BCUT2D eigenvalue weighted by Crippen LogP contribution is -2.44. The van der Waals surface area contributed by atoms with Gasteiger partial charge in [0.05, 0.1) is 12.1 Å². The van der Waals surface area contributed by atoms with E-state index >= 15 is 4.39 Å². The summed E-state index contributed by atoms with van der Waals surface area (Å²) in [5.74, 6) is -0.895. The molecule has 3 atom stereocenters. The number of hydrogen-bond acceptors (Lipinski definition) is 3. The highest BCUT2D eigenvalue weighted by atomic mass is 19.4. The lowest BCUT2D eigenvalue weighted by molar-refractivity contribution is -0.138. The Hall–Kier alpha value is -2.45. The van der Waals surface area contributed by atoms with Gasteiger partial charge in [-0.25, -0.2) is 4.39 Å². The highest BCUT2D eigenvalue weighted by Crippen LogP contribution is 2.44. The molecular formula is C29H35F4N3O. The van der Waals surface area contributed by atoms with Gasteiger partial charge in [-0.2, -0.15) is 13.2 Å². The Bertz CT molecular complexity index is 1140. The van der Waals surface area contributed by atoms with Gasteiger partial charge in [0.2, 0.25) is 0 Å². The predicted molar refractivity (Wildman–Crippen MR) is 136 cm³/mol. The first-order valence-corrected chi connectivity index (χ1v) is 13.3. The van der Waals surface area contributed by atoms with Gasteiger partial charge in [0.1, 0.15) is 6.17 Å². The molecule has 37 heavy (non-hydrogen) atoms. The summed E-state index contributed by atoms with van der Waals surface area (Å²) in [7, 11) is 1.97. The fraction of sp³-hybridized carbons (Fsp3) is 0.552. The molecule has 2 aromatic carbocycles. The minimum Gasteiger partial charge on any atom is -0.304 e. The molecular weight excluding hydrogens is 482 g/mol. The molecule has 8 heteroatoms. The SMILES string of the molecule is C[C@@H](c1cccc(N2Cc3c(cccc3C(F)(F)F)C2=O)c1)[C@H](F)C1CC2(CCCCC2)CNCN1C. The molecule has 1 saturated carbocycles. The van der Waals surface area contributed by atoms with Crippen molar-refractivity contribution in [2.24, 2.45) is 5.41 Å². The molecule has 1 spiro atoms. The molecule has 1 amide bonds. The number of nitrogens with zero attached hydrogens (tertiary/aromatic N) is 2. The summed E-state index contributed by atoms with van der Waals surface area (Å²) in [4.78, 5) is 16.5. The van der Waals surface area contributed by atoms with Crippen LogP contribution in [0.2, 0.25) is 0 Å². The summed E-state index contributed by atoms with van der Waals surface area (Å²) >= 11 is 0. The van der Waals surface area contributed by atoms with E-state index in [1.807, 2.05) is 20.0 Å². The van der Waals surface area contributed by atoms with Crippen LogP contribution in [0.3, 0.4) is 0 Å². The number of fused-ring (bicyclic) bond motifs is 1. The van der Waals surface area contributed by atoms with E-state index in [2.05, 4.69) is 10.2 Å². The van der Waals surface area contributed by atoms with Gasteiger partial charge >= 0.3 is 6.18 Å². The number of carbonyl (C=O) groups excluding carboxylic acids is 1. The normalized spacial score (nSPS) is 24.1. The Morgan fingerprint density at radius 1 is 1.08 bits per heavy atom. The minimum atomic E-state index is -4.53. The molecule has 1 N–H and O–H groups in total. The Balaban J connectivity index is 1.38. The molecule has 0 aromatic heterocycles. The summed E-state index contributed by atoms with van der Waals surface area (Å²) in [6.45, 7) is 3.27. The number of rotatable bonds is 4. The van der Waals surface area contributed by atoms with E-state index in [0.717, 1.165) is 37.4 Å². The second kappa shape index (κ2) is 10.0. The van der Waals surface area contributed by atoms with E-state index in [9.17, 15) is 18.0 Å². The molecule has 1 saturated heterocycles. The number of amides is 1. The molecule has 4 nitrogen and oxygen atoms in total. The fourth-order valence-corrected chi connectivity index (χ4v) is 6.62. The molecule has 1 unspecified atom stereocenters. The summed E-state index contributed by atoms with van der Waals surface area (Å²) in [6.07, 6.45) is 1.02. The molecule has 2 aliphatic heterocycles. The number of hydrogen-bond donors (Lipinski definition) is 1. The zero-order valence-electron chi connectivity index (χ0n) is 21.5. The Morgan fingerprint density at radius 2 is 1.81 bits per heavy atom. The van der Waals surface area contributed by atoms with Gasteiger partial charge in [-0.15, -0.1) is 0 Å². The van der Waals surface area contributed by atoms with Gasteiger partial charge in [0.25, 0.3) is 5.91 Å². The average molecular weight is 518 g/mol. The summed E-state index contributed by atoms with van der Waals surface area (Å²) < 4.78 is 56.9. The van der Waals surface area contributed by atoms with Crippen LogP contribution in [0.5, 0.6) is 0 Å². The summed E-state index contributed by atoms with van der Waals surface area (Å²) in [6, 6.07) is 10.6. The maximum Gasteiger partial charge on any atom is 0.416 e. The van der Waals surface area contributed by atoms with E-state index in [4.69, 9.17) is 0 Å². The monoisotopic (exact) mass is 517 g/mol. The molecule has 2 fully saturated rings. The van der Waals surface area contributed by atoms with Gasteiger partial charge in [0, 0.05) is 36.4 Å². The van der Waals surface area contributed by atoms with Crippen molar-refractivity contribution >= 4 is 11.6 Å². The van der Waals surface area contributed by atoms with Crippen molar-refractivity contribution < 1.29 is 22.4 Å². The van der Waals surface area contributed by atoms with Crippen LogP contribution in [0, 0.1) is 5.41 Å². The first kappa shape index (κ1) is 26.2. The van der Waals surface area contributed by atoms with Crippen molar-refractivity contribution in [3.8, 4) is 0 Å². The van der Waals surface area contributed by atoms with Crippen molar-refractivity contribution in [2.75, 3.05) is 25.2 Å². The lowest BCUT2D eigenvalue weighted by Gasteiger charge is -2.40. The quantitative estimate of drug-likeness (QED) is 0.470. The molecule has 2 aromatic rings. The smallest absolute Gasteiger partial charge is 0.304 e. The molecule has 0 radical (unpaired) electrons. The maximum atomic E-state index is 16.2. The fourth-order valence-electron chi connectivity index (χ4n) is 6.62. The molecule has 3 aliphatic rings. The van der Waals surface area contributed by atoms with Crippen LogP contribution < -0.4 is 10.2 Å². The minimum absolute atomic E-state index is 0.00724. The van der Waals surface area contributed by atoms with E-state index in [1.54, 1.807) is 18.2 Å². The first-order chi connectivity index (χ1) is 17.6. The number of alkyl halides is 4. The molecule has 2 heterocycles. The molecule has 200 valence electrons. The van der Waals surface area contributed by atoms with Gasteiger partial charge in [0.15, 0.2) is 0 Å². The third-order valence-electron chi connectivity index (χ3n) is 8.81. The van der Waals surface area contributed by atoms with Crippen molar-refractivity contribution in [3.05, 3.63) is 64.7 Å². The average Bonchev–Trinajstić information content (AvgIpc) is 3.14. The predicted octanol–water partition coefficient (Wildman–Crippen LogP) is 6.51. The highest BCUT2D eigenvalue weighted by molar-refractivity contribution is 6.10. The Kier molecular flexibility index (Phi) is 7.09. The van der Waals surface area contributed by atoms with Crippen molar-refractivity contribution in [1.29, 1.82) is 0 Å². The summed E-state index contributed by atoms with van der Waals surface area (Å²) in [5.41, 5.74) is 0.646. The Labute approximate surface area is 216 Å². The van der Waals surface area contributed by atoms with Crippen LogP contribution in [0.1, 0.15) is 78.4 Å². The van der Waals surface area contributed by atoms with E-state index < -0.39 is 29.7 Å². The van der Waals surface area contributed by atoms with Crippen LogP contribution in [0.4, 0.5) is 23.2 Å². The number of benzene rings is 2. The second-order valence-corrected chi connectivity index (χ2v) is 11.2. The largest absolute Gasteiger partial charge is 0.416 e. The van der Waals surface area contributed by atoms with E-state index in [1.165, 1.54) is 36.3 Å². The summed E-state index contributed by atoms with van der Waals surface area (Å²) in [5, 5.41) is 3.53. The molecule has 5 rings (SSSR count). The van der Waals surface area contributed by atoms with Crippen LogP contribution in [-0.2, 0) is 12.7 Å². The van der Waals surface area contributed by atoms with E-state index in [0.29, 0.717) is 12.4 Å². The van der Waals surface area contributed by atoms with Crippen molar-refractivity contribution in [3.63, 3.8) is 0 Å². The van der Waals surface area contributed by atoms with Crippen LogP contribution in [0.25, 0.3) is 0 Å². The van der Waals surface area contributed by atoms with Crippen molar-refractivity contribution in [1.82, 2.24) is 10.2 Å².